The van der Waals surface area contributed by atoms with Gasteiger partial charge >= 0.3 is 5.97 Å². The summed E-state index contributed by atoms with van der Waals surface area (Å²) in [5.74, 6) is -1.39. The summed E-state index contributed by atoms with van der Waals surface area (Å²) >= 11 is 0. The molecule has 0 spiro atoms. The number of carboxylic acid groups (broad SMARTS) is 1. The second-order valence-electron chi connectivity index (χ2n) is 5.83. The second kappa shape index (κ2) is 8.92. The Balaban J connectivity index is 2.41. The molecule has 0 aliphatic rings. The largest absolute Gasteiger partial charge is 0.481 e. The van der Waals surface area contributed by atoms with Crippen molar-refractivity contribution in [3.05, 3.63) is 29.8 Å². The van der Waals surface area contributed by atoms with Gasteiger partial charge in [-0.3, -0.25) is 14.4 Å². The summed E-state index contributed by atoms with van der Waals surface area (Å²) in [6, 6.07) is 7.13. The van der Waals surface area contributed by atoms with Crippen LogP contribution in [0.15, 0.2) is 24.3 Å². The van der Waals surface area contributed by atoms with E-state index < -0.39 is 11.9 Å². The van der Waals surface area contributed by atoms with Crippen LogP contribution in [0, 0.1) is 5.92 Å². The Morgan fingerprint density at radius 1 is 1.13 bits per heavy atom. The van der Waals surface area contributed by atoms with Crippen LogP contribution < -0.4 is 5.32 Å². The van der Waals surface area contributed by atoms with Crippen molar-refractivity contribution in [3.63, 3.8) is 0 Å². The summed E-state index contributed by atoms with van der Waals surface area (Å²) in [6.45, 7) is 1.66. The van der Waals surface area contributed by atoms with Crippen LogP contribution in [0.25, 0.3) is 0 Å². The fourth-order valence-electron chi connectivity index (χ4n) is 2.01. The number of anilines is 1. The molecule has 0 aliphatic heterocycles. The highest BCUT2D eigenvalue weighted by Crippen LogP contribution is 2.14. The van der Waals surface area contributed by atoms with Gasteiger partial charge in [-0.25, -0.2) is 0 Å². The molecule has 6 heteroatoms. The normalized spacial score (nSPS) is 11.6. The molecule has 0 aliphatic carbocycles. The molecular formula is C17H24N2O4. The first kappa shape index (κ1) is 18.7. The van der Waals surface area contributed by atoms with Crippen molar-refractivity contribution in [3.8, 4) is 0 Å². The molecule has 0 bridgehead atoms. The van der Waals surface area contributed by atoms with Gasteiger partial charge in [-0.05, 0) is 30.5 Å². The number of amides is 2. The molecule has 0 saturated carbocycles. The van der Waals surface area contributed by atoms with Crippen molar-refractivity contribution in [2.45, 2.75) is 32.6 Å². The maximum Gasteiger partial charge on any atom is 0.306 e. The van der Waals surface area contributed by atoms with Gasteiger partial charge in [0.2, 0.25) is 11.8 Å². The molecule has 23 heavy (non-hydrogen) atoms. The molecule has 6 nitrogen and oxygen atoms in total. The van der Waals surface area contributed by atoms with Gasteiger partial charge < -0.3 is 15.3 Å². The zero-order valence-corrected chi connectivity index (χ0v) is 13.8. The minimum absolute atomic E-state index is 0.00898. The highest BCUT2D eigenvalue weighted by Gasteiger charge is 2.11. The lowest BCUT2D eigenvalue weighted by Gasteiger charge is -2.10. The summed E-state index contributed by atoms with van der Waals surface area (Å²) in [4.78, 5) is 35.5. The number of nitrogens with one attached hydrogen (secondary N) is 1. The molecule has 0 aromatic heterocycles. The average molecular weight is 320 g/mol. The highest BCUT2D eigenvalue weighted by molar-refractivity contribution is 5.91. The van der Waals surface area contributed by atoms with Gasteiger partial charge in [0.15, 0.2) is 0 Å². The zero-order valence-electron chi connectivity index (χ0n) is 13.8. The molecule has 1 aromatic carbocycles. The Labute approximate surface area is 136 Å². The van der Waals surface area contributed by atoms with Crippen LogP contribution in [0.1, 0.15) is 31.7 Å². The van der Waals surface area contributed by atoms with E-state index in [0.717, 1.165) is 5.56 Å². The summed E-state index contributed by atoms with van der Waals surface area (Å²) in [7, 11) is 3.38. The van der Waals surface area contributed by atoms with E-state index in [1.54, 1.807) is 33.2 Å². The number of hydrogen-bond donors (Lipinski definition) is 2. The van der Waals surface area contributed by atoms with E-state index in [9.17, 15) is 14.4 Å². The van der Waals surface area contributed by atoms with Crippen LogP contribution in [0.5, 0.6) is 0 Å². The van der Waals surface area contributed by atoms with E-state index in [2.05, 4.69) is 5.32 Å². The highest BCUT2D eigenvalue weighted by atomic mass is 16.4. The number of carbonyl (C=O) groups is 3. The molecule has 0 fully saturated rings. The van der Waals surface area contributed by atoms with Crippen LogP contribution in [-0.4, -0.2) is 41.9 Å². The predicted octanol–water partition coefficient (Wildman–Crippen LogP) is 2.15. The van der Waals surface area contributed by atoms with Gasteiger partial charge in [0.1, 0.15) is 0 Å². The first-order valence-corrected chi connectivity index (χ1v) is 7.61. The van der Waals surface area contributed by atoms with E-state index in [0.29, 0.717) is 24.9 Å². The minimum Gasteiger partial charge on any atom is -0.481 e. The maximum atomic E-state index is 11.8. The van der Waals surface area contributed by atoms with E-state index in [4.69, 9.17) is 5.11 Å². The molecular weight excluding hydrogens is 296 g/mol. The third kappa shape index (κ3) is 6.95. The molecule has 1 aromatic rings. The maximum absolute atomic E-state index is 11.8. The number of benzene rings is 1. The second-order valence-corrected chi connectivity index (χ2v) is 5.83. The van der Waals surface area contributed by atoms with E-state index in [-0.39, 0.29) is 18.2 Å². The van der Waals surface area contributed by atoms with Crippen molar-refractivity contribution < 1.29 is 19.5 Å². The van der Waals surface area contributed by atoms with Crippen molar-refractivity contribution in [2.75, 3.05) is 19.4 Å². The quantitative estimate of drug-likeness (QED) is 0.768. The zero-order chi connectivity index (χ0) is 17.4. The third-order valence-corrected chi connectivity index (χ3v) is 3.49. The standard InChI is InChI=1S/C17H24N2O4/c1-12(17(22)23)11-13-7-9-14(10-8-13)18-15(20)5-4-6-16(21)19(2)3/h7-10,12H,4-6,11H2,1-3H3,(H,18,20)(H,22,23). The van der Waals surface area contributed by atoms with Crippen LogP contribution >= 0.6 is 0 Å². The average Bonchev–Trinajstić information content (AvgIpc) is 2.48. The van der Waals surface area contributed by atoms with Gasteiger partial charge in [0, 0.05) is 32.6 Å². The molecule has 2 amide bonds. The smallest absolute Gasteiger partial charge is 0.306 e. The predicted molar refractivity (Wildman–Crippen MR) is 88.1 cm³/mol. The summed E-state index contributed by atoms with van der Waals surface area (Å²) < 4.78 is 0. The molecule has 0 saturated heterocycles. The minimum atomic E-state index is -0.824. The SMILES string of the molecule is CC(Cc1ccc(NC(=O)CCCC(=O)N(C)C)cc1)C(=O)O. The number of carbonyl (C=O) groups excluding carboxylic acids is 2. The first-order valence-electron chi connectivity index (χ1n) is 7.61. The van der Waals surface area contributed by atoms with Crippen LogP contribution in [0.3, 0.4) is 0 Å². The Morgan fingerprint density at radius 2 is 1.74 bits per heavy atom. The summed E-state index contributed by atoms with van der Waals surface area (Å²) in [6.07, 6.45) is 1.61. The van der Waals surface area contributed by atoms with Crippen molar-refractivity contribution in [1.29, 1.82) is 0 Å². The lowest BCUT2D eigenvalue weighted by molar-refractivity contribution is -0.141. The van der Waals surface area contributed by atoms with E-state index in [1.807, 2.05) is 12.1 Å². The van der Waals surface area contributed by atoms with Gasteiger partial charge in [0.25, 0.3) is 0 Å². The molecule has 1 rings (SSSR count). The van der Waals surface area contributed by atoms with Crippen molar-refractivity contribution in [2.24, 2.45) is 5.92 Å². The van der Waals surface area contributed by atoms with Crippen molar-refractivity contribution in [1.82, 2.24) is 4.90 Å². The van der Waals surface area contributed by atoms with Gasteiger partial charge in [-0.15, -0.1) is 0 Å². The topological polar surface area (TPSA) is 86.7 Å². The fraction of sp³-hybridized carbons (Fsp3) is 0.471. The van der Waals surface area contributed by atoms with Gasteiger partial charge in [0.05, 0.1) is 5.92 Å². The number of aliphatic carboxylic acids is 1. The van der Waals surface area contributed by atoms with Gasteiger partial charge in [-0.2, -0.15) is 0 Å². The molecule has 1 unspecified atom stereocenters. The summed E-state index contributed by atoms with van der Waals surface area (Å²) in [5.41, 5.74) is 1.58. The van der Waals surface area contributed by atoms with E-state index in [1.165, 1.54) is 4.90 Å². The Hall–Kier alpha value is -2.37. The summed E-state index contributed by atoms with van der Waals surface area (Å²) in [5, 5.41) is 11.7. The molecule has 126 valence electrons. The van der Waals surface area contributed by atoms with Crippen LogP contribution in [-0.2, 0) is 20.8 Å². The third-order valence-electron chi connectivity index (χ3n) is 3.49. The molecule has 2 N–H and O–H groups in total. The lowest BCUT2D eigenvalue weighted by Crippen LogP contribution is -2.21. The number of rotatable bonds is 8. The fourth-order valence-corrected chi connectivity index (χ4v) is 2.01. The molecule has 1 atom stereocenters. The monoisotopic (exact) mass is 320 g/mol. The number of nitrogens with zero attached hydrogens (tertiary/aromatic N) is 1. The van der Waals surface area contributed by atoms with Gasteiger partial charge in [-0.1, -0.05) is 19.1 Å². The van der Waals surface area contributed by atoms with Crippen LogP contribution in [0.2, 0.25) is 0 Å². The van der Waals surface area contributed by atoms with Crippen LogP contribution in [0.4, 0.5) is 5.69 Å². The Kier molecular flexibility index (Phi) is 7.25. The first-order chi connectivity index (χ1) is 10.8. The van der Waals surface area contributed by atoms with Crippen molar-refractivity contribution >= 4 is 23.5 Å². The van der Waals surface area contributed by atoms with E-state index >= 15 is 0 Å². The number of hydrogen-bond acceptors (Lipinski definition) is 3. The Bertz CT molecular complexity index is 552. The Morgan fingerprint density at radius 3 is 2.26 bits per heavy atom. The molecule has 0 radical (unpaired) electrons. The number of carboxylic acids is 1. The lowest BCUT2D eigenvalue weighted by atomic mass is 10.0. The molecule has 0 heterocycles.